The van der Waals surface area contributed by atoms with Gasteiger partial charge in [-0.3, -0.25) is 13.9 Å². The molecule has 1 amide bonds. The molecule has 0 saturated carbocycles. The van der Waals surface area contributed by atoms with Gasteiger partial charge in [-0.1, -0.05) is 35.3 Å². The van der Waals surface area contributed by atoms with E-state index in [0.717, 1.165) is 11.0 Å². The number of amides is 1. The number of carbonyl (C=O) groups excluding carboxylic acids is 1. The fraction of sp³-hybridized carbons (Fsp3) is 0.176. The van der Waals surface area contributed by atoms with Crippen molar-refractivity contribution in [2.24, 2.45) is 7.05 Å². The number of hydrogen-bond donors (Lipinski definition) is 1. The minimum atomic E-state index is -0.301. The molecule has 1 heterocycles. The summed E-state index contributed by atoms with van der Waals surface area (Å²) >= 11 is 11.8. The van der Waals surface area contributed by atoms with Gasteiger partial charge in [-0.25, -0.2) is 4.79 Å². The lowest BCUT2D eigenvalue weighted by atomic mass is 10.2. The van der Waals surface area contributed by atoms with Gasteiger partial charge in [-0.05, 0) is 30.3 Å². The van der Waals surface area contributed by atoms with E-state index in [4.69, 9.17) is 23.2 Å². The molecule has 0 unspecified atom stereocenters. The van der Waals surface area contributed by atoms with E-state index in [0.29, 0.717) is 28.7 Å². The molecule has 1 aromatic heterocycles. The van der Waals surface area contributed by atoms with Crippen LogP contribution in [-0.2, 0) is 13.6 Å². The number of aryl methyl sites for hydroxylation is 1. The first-order chi connectivity index (χ1) is 11.5. The number of carbonyl (C=O) groups is 1. The van der Waals surface area contributed by atoms with Crippen molar-refractivity contribution in [2.75, 3.05) is 6.54 Å². The molecule has 0 radical (unpaired) electrons. The highest BCUT2D eigenvalue weighted by atomic mass is 35.5. The van der Waals surface area contributed by atoms with Crippen molar-refractivity contribution < 1.29 is 4.79 Å². The number of nitrogens with one attached hydrogen (secondary N) is 1. The number of fused-ring (bicyclic) bond motifs is 1. The Morgan fingerprint density at radius 1 is 1.12 bits per heavy atom. The molecule has 3 aromatic rings. The summed E-state index contributed by atoms with van der Waals surface area (Å²) in [5, 5.41) is 3.54. The molecule has 0 saturated heterocycles. The number of para-hydroxylation sites is 2. The van der Waals surface area contributed by atoms with E-state index in [2.05, 4.69) is 5.32 Å². The van der Waals surface area contributed by atoms with Crippen LogP contribution in [0.5, 0.6) is 0 Å². The van der Waals surface area contributed by atoms with Gasteiger partial charge >= 0.3 is 5.69 Å². The van der Waals surface area contributed by atoms with Crippen LogP contribution in [0.1, 0.15) is 10.4 Å². The van der Waals surface area contributed by atoms with Crippen molar-refractivity contribution in [3.05, 3.63) is 68.6 Å². The van der Waals surface area contributed by atoms with Crippen LogP contribution in [0, 0.1) is 0 Å². The first-order valence-electron chi connectivity index (χ1n) is 7.36. The molecule has 0 aliphatic heterocycles. The minimum Gasteiger partial charge on any atom is -0.350 e. The van der Waals surface area contributed by atoms with Crippen molar-refractivity contribution in [3.8, 4) is 0 Å². The zero-order chi connectivity index (χ0) is 17.3. The van der Waals surface area contributed by atoms with Crippen molar-refractivity contribution in [3.63, 3.8) is 0 Å². The Labute approximate surface area is 148 Å². The van der Waals surface area contributed by atoms with Crippen molar-refractivity contribution >= 4 is 40.1 Å². The molecule has 24 heavy (non-hydrogen) atoms. The van der Waals surface area contributed by atoms with Gasteiger partial charge in [0.15, 0.2) is 0 Å². The van der Waals surface area contributed by atoms with E-state index in [1.807, 2.05) is 24.3 Å². The lowest BCUT2D eigenvalue weighted by Crippen LogP contribution is -2.31. The van der Waals surface area contributed by atoms with Crippen LogP contribution >= 0.6 is 23.2 Å². The molecule has 5 nitrogen and oxygen atoms in total. The fourth-order valence-corrected chi connectivity index (χ4v) is 3.12. The Balaban J connectivity index is 1.74. The first kappa shape index (κ1) is 16.6. The zero-order valence-electron chi connectivity index (χ0n) is 12.9. The molecule has 0 fully saturated rings. The van der Waals surface area contributed by atoms with Crippen LogP contribution in [0.2, 0.25) is 10.0 Å². The molecule has 7 heteroatoms. The second kappa shape index (κ2) is 6.71. The van der Waals surface area contributed by atoms with Gasteiger partial charge < -0.3 is 5.32 Å². The predicted octanol–water partition coefficient (Wildman–Crippen LogP) is 3.08. The molecule has 0 spiro atoms. The predicted molar refractivity (Wildman–Crippen MR) is 96.0 cm³/mol. The van der Waals surface area contributed by atoms with Crippen molar-refractivity contribution in [1.82, 2.24) is 14.5 Å². The quantitative estimate of drug-likeness (QED) is 0.774. The molecule has 1 N–H and O–H groups in total. The first-order valence-corrected chi connectivity index (χ1v) is 8.12. The topological polar surface area (TPSA) is 56.0 Å². The number of aromatic nitrogens is 2. The lowest BCUT2D eigenvalue weighted by Gasteiger charge is -2.08. The molecule has 0 aliphatic carbocycles. The second-order valence-corrected chi connectivity index (χ2v) is 6.21. The van der Waals surface area contributed by atoms with Gasteiger partial charge in [0.05, 0.1) is 21.6 Å². The van der Waals surface area contributed by atoms with Gasteiger partial charge in [0.1, 0.15) is 0 Å². The molecular formula is C17H15Cl2N3O2. The summed E-state index contributed by atoms with van der Waals surface area (Å²) in [6.45, 7) is 0.683. The summed E-state index contributed by atoms with van der Waals surface area (Å²) in [4.78, 5) is 24.5. The number of benzene rings is 2. The monoisotopic (exact) mass is 363 g/mol. The molecule has 0 aliphatic rings. The van der Waals surface area contributed by atoms with Gasteiger partial charge in [-0.15, -0.1) is 0 Å². The number of rotatable bonds is 4. The van der Waals surface area contributed by atoms with Gasteiger partial charge in [0.2, 0.25) is 0 Å². The van der Waals surface area contributed by atoms with E-state index in [1.54, 1.807) is 28.3 Å². The van der Waals surface area contributed by atoms with E-state index in [1.165, 1.54) is 6.07 Å². The summed E-state index contributed by atoms with van der Waals surface area (Å²) in [5.74, 6) is -0.301. The van der Waals surface area contributed by atoms with Crippen LogP contribution in [-0.4, -0.2) is 21.6 Å². The Kier molecular flexibility index (Phi) is 4.64. The van der Waals surface area contributed by atoms with Crippen LogP contribution in [0.15, 0.2) is 47.3 Å². The molecule has 0 bridgehead atoms. The second-order valence-electron chi connectivity index (χ2n) is 5.36. The maximum absolute atomic E-state index is 12.3. The smallest absolute Gasteiger partial charge is 0.328 e. The zero-order valence-corrected chi connectivity index (χ0v) is 14.4. The van der Waals surface area contributed by atoms with E-state index < -0.39 is 0 Å². The number of nitrogens with zero attached hydrogens (tertiary/aromatic N) is 2. The van der Waals surface area contributed by atoms with Crippen LogP contribution in [0.25, 0.3) is 11.0 Å². The van der Waals surface area contributed by atoms with Gasteiger partial charge in [0, 0.05) is 25.2 Å². The molecule has 124 valence electrons. The van der Waals surface area contributed by atoms with Crippen LogP contribution < -0.4 is 11.0 Å². The standard InChI is InChI=1S/C17H15Cl2N3O2/c1-21-14-4-2-3-5-15(14)22(17(21)24)9-8-20-16(23)12-7-6-11(18)10-13(12)19/h2-7,10H,8-9H2,1H3,(H,20,23). The highest BCUT2D eigenvalue weighted by Crippen LogP contribution is 2.20. The lowest BCUT2D eigenvalue weighted by molar-refractivity contribution is 0.0952. The molecular weight excluding hydrogens is 349 g/mol. The fourth-order valence-electron chi connectivity index (χ4n) is 2.63. The van der Waals surface area contributed by atoms with E-state index in [-0.39, 0.29) is 11.6 Å². The van der Waals surface area contributed by atoms with E-state index >= 15 is 0 Å². The largest absolute Gasteiger partial charge is 0.350 e. The molecule has 2 aromatic carbocycles. The summed E-state index contributed by atoms with van der Waals surface area (Å²) in [7, 11) is 1.73. The highest BCUT2D eigenvalue weighted by molar-refractivity contribution is 6.36. The summed E-state index contributed by atoms with van der Waals surface area (Å²) in [5.41, 5.74) is 1.93. The average Bonchev–Trinajstić information content (AvgIpc) is 2.80. The third kappa shape index (κ3) is 3.05. The Bertz CT molecular complexity index is 976. The molecule has 0 atom stereocenters. The summed E-state index contributed by atoms with van der Waals surface area (Å²) in [6.07, 6.45) is 0. The van der Waals surface area contributed by atoms with Crippen LogP contribution in [0.3, 0.4) is 0 Å². The number of imidazole rings is 1. The number of halogens is 2. The third-order valence-corrected chi connectivity index (χ3v) is 4.40. The normalized spacial score (nSPS) is 11.0. The van der Waals surface area contributed by atoms with Gasteiger partial charge in [-0.2, -0.15) is 0 Å². The maximum atomic E-state index is 12.3. The highest BCUT2D eigenvalue weighted by Gasteiger charge is 2.12. The Hall–Kier alpha value is -2.24. The summed E-state index contributed by atoms with van der Waals surface area (Å²) in [6, 6.07) is 12.2. The summed E-state index contributed by atoms with van der Waals surface area (Å²) < 4.78 is 3.23. The average molecular weight is 364 g/mol. The minimum absolute atomic E-state index is 0.116. The number of hydrogen-bond acceptors (Lipinski definition) is 2. The van der Waals surface area contributed by atoms with E-state index in [9.17, 15) is 9.59 Å². The van der Waals surface area contributed by atoms with Crippen molar-refractivity contribution in [1.29, 1.82) is 0 Å². The van der Waals surface area contributed by atoms with Gasteiger partial charge in [0.25, 0.3) is 5.91 Å². The third-order valence-electron chi connectivity index (χ3n) is 3.85. The Morgan fingerprint density at radius 3 is 2.54 bits per heavy atom. The Morgan fingerprint density at radius 2 is 1.83 bits per heavy atom. The van der Waals surface area contributed by atoms with Crippen LogP contribution in [0.4, 0.5) is 0 Å². The van der Waals surface area contributed by atoms with Crippen molar-refractivity contribution in [2.45, 2.75) is 6.54 Å². The SMILES string of the molecule is Cn1c(=O)n(CCNC(=O)c2ccc(Cl)cc2Cl)c2ccccc21. The maximum Gasteiger partial charge on any atom is 0.328 e. The molecule has 3 rings (SSSR count).